The van der Waals surface area contributed by atoms with E-state index >= 15 is 0 Å². The monoisotopic (exact) mass is 462 g/mol. The third kappa shape index (κ3) is 3.86. The molecule has 0 fully saturated rings. The van der Waals surface area contributed by atoms with Crippen LogP contribution in [0.1, 0.15) is 11.1 Å². The van der Waals surface area contributed by atoms with Crippen LogP contribution < -0.4 is 14.4 Å². The Hall–Kier alpha value is -3.38. The quantitative estimate of drug-likeness (QED) is 0.483. The molecule has 150 valence electrons. The molecule has 30 heavy (non-hydrogen) atoms. The standard InChI is InChI=1S/C24H19BrN2O3/c1-29-19-12-10-16(11-13-19)14-21-24(28)27(18-7-5-6-17(25)15-18)23(26-21)20-8-3-4-9-22(20)30-2/h3-15H,1-2H3. The molecular weight excluding hydrogens is 444 g/mol. The Kier molecular flexibility index (Phi) is 5.68. The van der Waals surface area contributed by atoms with Gasteiger partial charge in [-0.25, -0.2) is 4.99 Å². The van der Waals surface area contributed by atoms with Gasteiger partial charge in [-0.3, -0.25) is 9.69 Å². The lowest BCUT2D eigenvalue weighted by Crippen LogP contribution is -2.32. The predicted octanol–water partition coefficient (Wildman–Crippen LogP) is 5.30. The normalized spacial score (nSPS) is 14.8. The number of carbonyl (C=O) groups excluding carboxylic acids is 1. The summed E-state index contributed by atoms with van der Waals surface area (Å²) in [6, 6.07) is 22.6. The lowest BCUT2D eigenvalue weighted by Gasteiger charge is -2.20. The molecule has 5 nitrogen and oxygen atoms in total. The smallest absolute Gasteiger partial charge is 0.282 e. The number of para-hydroxylation sites is 1. The highest BCUT2D eigenvalue weighted by atomic mass is 79.9. The maximum atomic E-state index is 13.4. The van der Waals surface area contributed by atoms with Crippen LogP contribution in [0.2, 0.25) is 0 Å². The minimum atomic E-state index is -0.204. The lowest BCUT2D eigenvalue weighted by atomic mass is 10.1. The van der Waals surface area contributed by atoms with Gasteiger partial charge in [0.1, 0.15) is 17.2 Å². The number of aliphatic imine (C=N–C) groups is 1. The summed E-state index contributed by atoms with van der Waals surface area (Å²) in [6.07, 6.45) is 1.77. The fraction of sp³-hybridized carbons (Fsp3) is 0.0833. The van der Waals surface area contributed by atoms with Gasteiger partial charge >= 0.3 is 0 Å². The maximum Gasteiger partial charge on any atom is 0.282 e. The lowest BCUT2D eigenvalue weighted by molar-refractivity contribution is -0.113. The van der Waals surface area contributed by atoms with Crippen LogP contribution in [0.5, 0.6) is 11.5 Å². The predicted molar refractivity (Wildman–Crippen MR) is 122 cm³/mol. The van der Waals surface area contributed by atoms with E-state index in [0.29, 0.717) is 17.3 Å². The highest BCUT2D eigenvalue weighted by Crippen LogP contribution is 2.32. The molecule has 0 saturated carbocycles. The van der Waals surface area contributed by atoms with E-state index in [0.717, 1.165) is 27.0 Å². The highest BCUT2D eigenvalue weighted by molar-refractivity contribution is 9.10. The molecule has 0 atom stereocenters. The van der Waals surface area contributed by atoms with Gasteiger partial charge in [0.25, 0.3) is 5.91 Å². The number of ether oxygens (including phenoxy) is 2. The van der Waals surface area contributed by atoms with Crippen molar-refractivity contribution in [3.05, 3.63) is 94.1 Å². The number of methoxy groups -OCH3 is 2. The molecule has 0 unspecified atom stereocenters. The average molecular weight is 463 g/mol. The van der Waals surface area contributed by atoms with Crippen LogP contribution in [0, 0.1) is 0 Å². The Labute approximate surface area is 183 Å². The largest absolute Gasteiger partial charge is 0.497 e. The number of carbonyl (C=O) groups is 1. The molecule has 0 spiro atoms. The first-order chi connectivity index (χ1) is 14.6. The zero-order valence-electron chi connectivity index (χ0n) is 16.5. The van der Waals surface area contributed by atoms with Crippen molar-refractivity contribution in [1.29, 1.82) is 0 Å². The number of anilines is 1. The summed E-state index contributed by atoms with van der Waals surface area (Å²) in [5.41, 5.74) is 2.67. The molecule has 6 heteroatoms. The van der Waals surface area contributed by atoms with Crippen LogP contribution in [0.4, 0.5) is 5.69 Å². The first-order valence-electron chi connectivity index (χ1n) is 9.28. The maximum absolute atomic E-state index is 13.4. The number of hydrogen-bond donors (Lipinski definition) is 0. The van der Waals surface area contributed by atoms with Crippen molar-refractivity contribution >= 4 is 39.4 Å². The SMILES string of the molecule is COc1ccc(C=C2N=C(c3ccccc3OC)N(c3cccc(Br)c3)C2=O)cc1. The molecule has 0 radical (unpaired) electrons. The Morgan fingerprint density at radius 1 is 0.933 bits per heavy atom. The van der Waals surface area contributed by atoms with E-state index in [1.54, 1.807) is 25.2 Å². The van der Waals surface area contributed by atoms with Crippen molar-refractivity contribution in [3.8, 4) is 11.5 Å². The molecular formula is C24H19BrN2O3. The van der Waals surface area contributed by atoms with Crippen LogP contribution in [-0.4, -0.2) is 26.0 Å². The molecule has 3 aromatic carbocycles. The van der Waals surface area contributed by atoms with Crippen molar-refractivity contribution in [2.75, 3.05) is 19.1 Å². The fourth-order valence-corrected chi connectivity index (χ4v) is 3.63. The first-order valence-corrected chi connectivity index (χ1v) is 10.1. The summed E-state index contributed by atoms with van der Waals surface area (Å²) in [6.45, 7) is 0. The molecule has 1 amide bonds. The first kappa shape index (κ1) is 19.9. The van der Waals surface area contributed by atoms with Gasteiger partial charge in [0.05, 0.1) is 25.5 Å². The van der Waals surface area contributed by atoms with E-state index in [-0.39, 0.29) is 5.91 Å². The third-order valence-electron chi connectivity index (χ3n) is 4.69. The van der Waals surface area contributed by atoms with Crippen LogP contribution >= 0.6 is 15.9 Å². The van der Waals surface area contributed by atoms with Crippen LogP contribution in [-0.2, 0) is 4.79 Å². The zero-order valence-corrected chi connectivity index (χ0v) is 18.1. The van der Waals surface area contributed by atoms with E-state index in [1.165, 1.54) is 0 Å². The molecule has 0 N–H and O–H groups in total. The number of hydrogen-bond acceptors (Lipinski definition) is 4. The minimum Gasteiger partial charge on any atom is -0.497 e. The number of rotatable bonds is 5. The van der Waals surface area contributed by atoms with Gasteiger partial charge in [-0.1, -0.05) is 46.3 Å². The van der Waals surface area contributed by atoms with Crippen molar-refractivity contribution in [3.63, 3.8) is 0 Å². The minimum absolute atomic E-state index is 0.204. The topological polar surface area (TPSA) is 51.1 Å². The Morgan fingerprint density at radius 3 is 2.40 bits per heavy atom. The van der Waals surface area contributed by atoms with Gasteiger partial charge in [-0.15, -0.1) is 0 Å². The number of benzene rings is 3. The van der Waals surface area contributed by atoms with Gasteiger partial charge in [0, 0.05) is 4.47 Å². The van der Waals surface area contributed by atoms with Crippen molar-refractivity contribution in [2.24, 2.45) is 4.99 Å². The summed E-state index contributed by atoms with van der Waals surface area (Å²) >= 11 is 3.49. The Balaban J connectivity index is 1.84. The Morgan fingerprint density at radius 2 is 1.70 bits per heavy atom. The molecule has 0 aliphatic carbocycles. The van der Waals surface area contributed by atoms with Gasteiger partial charge in [0.2, 0.25) is 0 Å². The van der Waals surface area contributed by atoms with Crippen LogP contribution in [0.3, 0.4) is 0 Å². The summed E-state index contributed by atoms with van der Waals surface area (Å²) < 4.78 is 11.6. The van der Waals surface area contributed by atoms with Gasteiger partial charge in [0.15, 0.2) is 5.84 Å². The van der Waals surface area contributed by atoms with E-state index < -0.39 is 0 Å². The number of nitrogens with zero attached hydrogens (tertiary/aromatic N) is 2. The fourth-order valence-electron chi connectivity index (χ4n) is 3.24. The number of halogens is 1. The van der Waals surface area contributed by atoms with E-state index in [1.807, 2.05) is 72.8 Å². The third-order valence-corrected chi connectivity index (χ3v) is 5.19. The molecule has 1 heterocycles. The molecule has 1 aliphatic rings. The number of amides is 1. The molecule has 0 bridgehead atoms. The Bertz CT molecular complexity index is 1150. The average Bonchev–Trinajstić information content (AvgIpc) is 3.10. The van der Waals surface area contributed by atoms with Gasteiger partial charge in [-0.2, -0.15) is 0 Å². The summed E-state index contributed by atoms with van der Waals surface area (Å²) in [7, 11) is 3.22. The molecule has 0 aromatic heterocycles. The summed E-state index contributed by atoms with van der Waals surface area (Å²) in [5, 5.41) is 0. The van der Waals surface area contributed by atoms with E-state index in [4.69, 9.17) is 14.5 Å². The second-order valence-electron chi connectivity index (χ2n) is 6.56. The molecule has 3 aromatic rings. The van der Waals surface area contributed by atoms with E-state index in [2.05, 4.69) is 15.9 Å². The van der Waals surface area contributed by atoms with Gasteiger partial charge < -0.3 is 9.47 Å². The van der Waals surface area contributed by atoms with Crippen molar-refractivity contribution < 1.29 is 14.3 Å². The highest BCUT2D eigenvalue weighted by Gasteiger charge is 2.33. The second kappa shape index (κ2) is 8.55. The van der Waals surface area contributed by atoms with E-state index in [9.17, 15) is 4.79 Å². The molecule has 0 saturated heterocycles. The van der Waals surface area contributed by atoms with Gasteiger partial charge in [-0.05, 0) is 54.1 Å². The summed E-state index contributed by atoms with van der Waals surface area (Å²) in [4.78, 5) is 19.7. The van der Waals surface area contributed by atoms with Crippen molar-refractivity contribution in [1.82, 2.24) is 0 Å². The second-order valence-corrected chi connectivity index (χ2v) is 7.47. The summed E-state index contributed by atoms with van der Waals surface area (Å²) in [5.74, 6) is 1.72. The van der Waals surface area contributed by atoms with Crippen molar-refractivity contribution in [2.45, 2.75) is 0 Å². The van der Waals surface area contributed by atoms with Crippen LogP contribution in [0.25, 0.3) is 6.08 Å². The molecule has 4 rings (SSSR count). The van der Waals surface area contributed by atoms with Crippen LogP contribution in [0.15, 0.2) is 88.0 Å². The molecule has 1 aliphatic heterocycles. The zero-order chi connectivity index (χ0) is 21.1. The number of amidine groups is 1.